The summed E-state index contributed by atoms with van der Waals surface area (Å²) in [6.07, 6.45) is 0.622. The second kappa shape index (κ2) is 7.93. The number of halogens is 2. The van der Waals surface area contributed by atoms with E-state index in [4.69, 9.17) is 9.84 Å². The molecule has 0 saturated heterocycles. The van der Waals surface area contributed by atoms with Gasteiger partial charge in [-0.15, -0.1) is 0 Å². The average Bonchev–Trinajstić information content (AvgIpc) is 3.18. The van der Waals surface area contributed by atoms with Crippen LogP contribution in [0.4, 0.5) is 0 Å². The highest BCUT2D eigenvalue weighted by Gasteiger charge is 2.41. The molecule has 2 unspecified atom stereocenters. The second-order valence-electron chi connectivity index (χ2n) is 9.18. The van der Waals surface area contributed by atoms with E-state index in [1.807, 2.05) is 0 Å². The lowest BCUT2D eigenvalue weighted by Crippen LogP contribution is -2.33. The van der Waals surface area contributed by atoms with Crippen LogP contribution in [0.3, 0.4) is 0 Å². The molecule has 5 rings (SSSR count). The van der Waals surface area contributed by atoms with E-state index in [1.54, 1.807) is 0 Å². The fourth-order valence-electron chi connectivity index (χ4n) is 4.24. The van der Waals surface area contributed by atoms with Crippen molar-refractivity contribution in [3.05, 3.63) is 97.0 Å². The predicted octanol–water partition coefficient (Wildman–Crippen LogP) is 7.59. The first kappa shape index (κ1) is 21.0. The Morgan fingerprint density at radius 3 is 2.39 bits per heavy atom. The summed E-state index contributed by atoms with van der Waals surface area (Å²) in [6.45, 7) is 6.71. The van der Waals surface area contributed by atoms with Crippen LogP contribution in [-0.2, 0) is 5.41 Å². The van der Waals surface area contributed by atoms with Crippen LogP contribution in [0.15, 0.2) is 76.3 Å². The minimum atomic E-state index is -0.248. The highest BCUT2D eigenvalue weighted by Crippen LogP contribution is 2.48. The molecular formula is C26H24BrIN2O. The summed E-state index contributed by atoms with van der Waals surface area (Å²) in [5.41, 5.74) is 6.03. The van der Waals surface area contributed by atoms with Crippen LogP contribution in [-0.4, -0.2) is 10.7 Å². The van der Waals surface area contributed by atoms with Crippen LogP contribution in [0.1, 0.15) is 61.7 Å². The maximum atomic E-state index is 6.53. The quantitative estimate of drug-likeness (QED) is 0.289. The number of fused-ring (bicyclic) bond motifs is 3. The lowest BCUT2D eigenvalue weighted by Gasteiger charge is -2.38. The van der Waals surface area contributed by atoms with Gasteiger partial charge >= 0.3 is 0 Å². The van der Waals surface area contributed by atoms with E-state index in [-0.39, 0.29) is 17.7 Å². The molecule has 0 aromatic heterocycles. The summed E-state index contributed by atoms with van der Waals surface area (Å²) in [6, 6.07) is 23.9. The first-order chi connectivity index (χ1) is 14.8. The monoisotopic (exact) mass is 586 g/mol. The molecule has 2 atom stereocenters. The molecule has 0 radical (unpaired) electrons. The third kappa shape index (κ3) is 4.02. The summed E-state index contributed by atoms with van der Waals surface area (Å²) in [7, 11) is 0. The van der Waals surface area contributed by atoms with Crippen LogP contribution in [0.25, 0.3) is 0 Å². The van der Waals surface area contributed by atoms with Gasteiger partial charge in [0.05, 0.1) is 11.8 Å². The van der Waals surface area contributed by atoms with Gasteiger partial charge in [-0.3, -0.25) is 0 Å². The van der Waals surface area contributed by atoms with E-state index in [1.165, 1.54) is 20.3 Å². The third-order valence-electron chi connectivity index (χ3n) is 5.99. The molecule has 31 heavy (non-hydrogen) atoms. The van der Waals surface area contributed by atoms with Crippen molar-refractivity contribution in [3.63, 3.8) is 0 Å². The Hall–Kier alpha value is -1.86. The molecule has 0 bridgehead atoms. The molecular weight excluding hydrogens is 563 g/mol. The van der Waals surface area contributed by atoms with Gasteiger partial charge in [-0.05, 0) is 63.4 Å². The van der Waals surface area contributed by atoms with E-state index in [2.05, 4.69) is 131 Å². The minimum Gasteiger partial charge on any atom is -0.464 e. The molecule has 3 aromatic rings. The average molecular weight is 587 g/mol. The Morgan fingerprint density at radius 1 is 1.00 bits per heavy atom. The van der Waals surface area contributed by atoms with Gasteiger partial charge < -0.3 is 4.74 Å². The smallest absolute Gasteiger partial charge is 0.213 e. The molecule has 2 aliphatic rings. The highest BCUT2D eigenvalue weighted by atomic mass is 127. The van der Waals surface area contributed by atoms with Crippen molar-refractivity contribution < 1.29 is 4.74 Å². The number of hydrazone groups is 1. The summed E-state index contributed by atoms with van der Waals surface area (Å²) in [5, 5.41) is 7.22. The van der Waals surface area contributed by atoms with E-state index >= 15 is 0 Å². The summed E-state index contributed by atoms with van der Waals surface area (Å²) < 4.78 is 8.79. The Labute approximate surface area is 205 Å². The van der Waals surface area contributed by atoms with Crippen molar-refractivity contribution in [2.24, 2.45) is 5.10 Å². The van der Waals surface area contributed by atoms with Gasteiger partial charge in [-0.1, -0.05) is 79.2 Å². The Morgan fingerprint density at radius 2 is 1.71 bits per heavy atom. The molecule has 0 aliphatic carbocycles. The van der Waals surface area contributed by atoms with Crippen LogP contribution in [0.2, 0.25) is 0 Å². The first-order valence-corrected chi connectivity index (χ1v) is 12.3. The van der Waals surface area contributed by atoms with Crippen LogP contribution >= 0.6 is 38.5 Å². The van der Waals surface area contributed by atoms with E-state index in [9.17, 15) is 0 Å². The fraction of sp³-hybridized carbons (Fsp3) is 0.269. The summed E-state index contributed by atoms with van der Waals surface area (Å²) >= 11 is 5.94. The van der Waals surface area contributed by atoms with Crippen molar-refractivity contribution in [2.45, 2.75) is 44.9 Å². The highest BCUT2D eigenvalue weighted by molar-refractivity contribution is 14.1. The van der Waals surface area contributed by atoms with Crippen molar-refractivity contribution in [3.8, 4) is 5.75 Å². The van der Waals surface area contributed by atoms with Crippen molar-refractivity contribution in [1.29, 1.82) is 0 Å². The number of hydrogen-bond donors (Lipinski definition) is 0. The van der Waals surface area contributed by atoms with Gasteiger partial charge in [-0.25, -0.2) is 5.01 Å². The van der Waals surface area contributed by atoms with Crippen LogP contribution in [0.5, 0.6) is 5.75 Å². The number of benzene rings is 3. The Bertz CT molecular complexity index is 1150. The second-order valence-corrected chi connectivity index (χ2v) is 11.3. The van der Waals surface area contributed by atoms with Gasteiger partial charge in [0.1, 0.15) is 5.75 Å². The SMILES string of the molecule is CC(C)(C)c1ccc(C2Oc3cc(Br)ccc3C3CC(c4ccc(I)cc4)=NN32)cc1. The number of rotatable bonds is 2. The molecule has 0 amide bonds. The molecule has 3 aromatic carbocycles. The van der Waals surface area contributed by atoms with Crippen molar-refractivity contribution >= 4 is 44.2 Å². The Kier molecular flexibility index (Phi) is 5.37. The molecule has 0 spiro atoms. The van der Waals surface area contributed by atoms with Gasteiger partial charge in [0.15, 0.2) is 0 Å². The molecule has 0 fully saturated rings. The Balaban J connectivity index is 1.56. The molecule has 0 N–H and O–H groups in total. The molecule has 5 heteroatoms. The predicted molar refractivity (Wildman–Crippen MR) is 138 cm³/mol. The van der Waals surface area contributed by atoms with Gasteiger partial charge in [0, 0.05) is 25.6 Å². The topological polar surface area (TPSA) is 24.8 Å². The zero-order valence-electron chi connectivity index (χ0n) is 17.8. The molecule has 0 saturated carbocycles. The molecule has 2 heterocycles. The standard InChI is InChI=1S/C26H24BrIN2O/c1-26(2,3)18-8-4-17(5-9-18)25-30-23(21-13-10-19(27)14-24(21)31-25)15-22(29-30)16-6-11-20(28)12-7-16/h4-14,23,25H,15H2,1-3H3. The van der Waals surface area contributed by atoms with Gasteiger partial charge in [0.2, 0.25) is 6.23 Å². The maximum Gasteiger partial charge on any atom is 0.213 e. The lowest BCUT2D eigenvalue weighted by atomic mass is 9.86. The van der Waals surface area contributed by atoms with Crippen molar-refractivity contribution in [2.75, 3.05) is 0 Å². The summed E-state index contributed by atoms with van der Waals surface area (Å²) in [5.74, 6) is 0.930. The molecule has 3 nitrogen and oxygen atoms in total. The minimum absolute atomic E-state index is 0.121. The van der Waals surface area contributed by atoms with Gasteiger partial charge in [-0.2, -0.15) is 5.10 Å². The van der Waals surface area contributed by atoms with Crippen LogP contribution < -0.4 is 4.74 Å². The lowest BCUT2D eigenvalue weighted by molar-refractivity contribution is -0.0191. The van der Waals surface area contributed by atoms with Crippen LogP contribution in [0, 0.1) is 3.57 Å². The van der Waals surface area contributed by atoms with E-state index in [0.717, 1.165) is 27.9 Å². The zero-order valence-corrected chi connectivity index (χ0v) is 21.5. The maximum absolute atomic E-state index is 6.53. The molecule has 158 valence electrons. The zero-order chi connectivity index (χ0) is 21.8. The largest absolute Gasteiger partial charge is 0.464 e. The van der Waals surface area contributed by atoms with Gasteiger partial charge in [0.25, 0.3) is 0 Å². The summed E-state index contributed by atoms with van der Waals surface area (Å²) in [4.78, 5) is 0. The van der Waals surface area contributed by atoms with E-state index < -0.39 is 0 Å². The molecule has 2 aliphatic heterocycles. The third-order valence-corrected chi connectivity index (χ3v) is 7.21. The first-order valence-electron chi connectivity index (χ1n) is 10.5. The van der Waals surface area contributed by atoms with Crippen molar-refractivity contribution in [1.82, 2.24) is 5.01 Å². The number of ether oxygens (including phenoxy) is 1. The number of nitrogens with zero attached hydrogens (tertiary/aromatic N) is 2. The normalized spacial score (nSPS) is 20.0. The van der Waals surface area contributed by atoms with E-state index in [0.29, 0.717) is 0 Å². The fourth-order valence-corrected chi connectivity index (χ4v) is 4.94. The number of hydrogen-bond acceptors (Lipinski definition) is 3.